The Kier molecular flexibility index (Phi) is 11.9. The van der Waals surface area contributed by atoms with Crippen molar-refractivity contribution in [3.63, 3.8) is 0 Å². The van der Waals surface area contributed by atoms with Gasteiger partial charge in [-0.15, -0.1) is 0 Å². The molecule has 0 aliphatic carbocycles. The van der Waals surface area contributed by atoms with Crippen LogP contribution < -0.4 is 27.8 Å². The summed E-state index contributed by atoms with van der Waals surface area (Å²) in [6, 6.07) is -4.16. The highest BCUT2D eigenvalue weighted by atomic mass is 16.4. The predicted octanol–water partition coefficient (Wildman–Crippen LogP) is -2.07. The summed E-state index contributed by atoms with van der Waals surface area (Å²) in [7, 11) is 0. The third-order valence-electron chi connectivity index (χ3n) is 5.63. The number of carboxylic acids is 2. The molecule has 0 saturated carbocycles. The fourth-order valence-corrected chi connectivity index (χ4v) is 3.73. The molecular formula is C21H37N7O7. The zero-order valence-corrected chi connectivity index (χ0v) is 20.1. The number of rotatable bonds is 14. The third-order valence-corrected chi connectivity index (χ3v) is 5.63. The first kappa shape index (κ1) is 29.6. The minimum atomic E-state index is -1.24. The van der Waals surface area contributed by atoms with Crippen LogP contribution in [0.3, 0.4) is 0 Å². The molecule has 1 heterocycles. The number of nitrogens with one attached hydrogen (secondary N) is 2. The van der Waals surface area contributed by atoms with Gasteiger partial charge in [0.15, 0.2) is 5.96 Å². The number of nitrogens with zero attached hydrogens (tertiary/aromatic N) is 2. The van der Waals surface area contributed by atoms with E-state index in [1.807, 2.05) is 0 Å². The Bertz CT molecular complexity index is 814. The molecule has 14 heteroatoms. The maximum absolute atomic E-state index is 13.0. The second kappa shape index (κ2) is 14.1. The molecule has 0 aromatic carbocycles. The average Bonchev–Trinajstić information content (AvgIpc) is 3.26. The van der Waals surface area contributed by atoms with Gasteiger partial charge in [-0.2, -0.15) is 0 Å². The Labute approximate surface area is 203 Å². The van der Waals surface area contributed by atoms with Gasteiger partial charge in [-0.3, -0.25) is 24.2 Å². The zero-order chi connectivity index (χ0) is 26.7. The molecule has 1 aliphatic heterocycles. The standard InChI is InChI=1S/C21H37N7O7/c1-11(2)16(18(32)26-13(20(34)35)5-3-9-25-21(23)24)27-17(31)14-6-4-10-28(14)19(33)12(22)7-8-15(29)30/h11-14,16H,3-10,22H2,1-2H3,(H,26,32)(H,27,31)(H,29,30)(H,34,35)(H4,23,24,25). The Hall–Kier alpha value is -3.42. The molecule has 1 fully saturated rings. The van der Waals surface area contributed by atoms with Crippen molar-refractivity contribution in [2.75, 3.05) is 13.1 Å². The second-order valence-corrected chi connectivity index (χ2v) is 8.81. The summed E-state index contributed by atoms with van der Waals surface area (Å²) in [6.45, 7) is 3.87. The molecule has 0 aromatic rings. The van der Waals surface area contributed by atoms with Crippen molar-refractivity contribution in [3.05, 3.63) is 0 Å². The highest BCUT2D eigenvalue weighted by Crippen LogP contribution is 2.20. The molecule has 3 amide bonds. The monoisotopic (exact) mass is 499 g/mol. The number of carboxylic acid groups (broad SMARTS) is 2. The molecule has 4 unspecified atom stereocenters. The minimum Gasteiger partial charge on any atom is -0.481 e. The van der Waals surface area contributed by atoms with Gasteiger partial charge >= 0.3 is 11.9 Å². The lowest BCUT2D eigenvalue weighted by atomic mass is 10.0. The normalized spacial score (nSPS) is 17.8. The summed E-state index contributed by atoms with van der Waals surface area (Å²) in [6.07, 6.45) is 0.966. The first-order valence-electron chi connectivity index (χ1n) is 11.5. The van der Waals surface area contributed by atoms with Crippen LogP contribution in [0.15, 0.2) is 4.99 Å². The third kappa shape index (κ3) is 9.76. The summed E-state index contributed by atoms with van der Waals surface area (Å²) < 4.78 is 0. The molecule has 10 N–H and O–H groups in total. The van der Waals surface area contributed by atoms with Crippen molar-refractivity contribution in [1.29, 1.82) is 0 Å². The molecule has 35 heavy (non-hydrogen) atoms. The van der Waals surface area contributed by atoms with E-state index < -0.39 is 53.8 Å². The van der Waals surface area contributed by atoms with Crippen LogP contribution in [0.5, 0.6) is 0 Å². The van der Waals surface area contributed by atoms with Crippen molar-refractivity contribution in [1.82, 2.24) is 15.5 Å². The Morgan fingerprint density at radius 2 is 1.74 bits per heavy atom. The van der Waals surface area contributed by atoms with Crippen LogP contribution in [0.25, 0.3) is 0 Å². The van der Waals surface area contributed by atoms with Gasteiger partial charge in [0.1, 0.15) is 18.1 Å². The second-order valence-electron chi connectivity index (χ2n) is 8.81. The molecule has 4 atom stereocenters. The number of amides is 3. The number of guanidine groups is 1. The lowest BCUT2D eigenvalue weighted by Crippen LogP contribution is -2.58. The van der Waals surface area contributed by atoms with Crippen LogP contribution in [0.4, 0.5) is 0 Å². The van der Waals surface area contributed by atoms with Crippen molar-refractivity contribution in [2.45, 2.75) is 76.5 Å². The van der Waals surface area contributed by atoms with E-state index in [0.29, 0.717) is 19.3 Å². The van der Waals surface area contributed by atoms with Gasteiger partial charge < -0.3 is 42.9 Å². The number of aliphatic carboxylic acids is 2. The summed E-state index contributed by atoms with van der Waals surface area (Å²) in [4.78, 5) is 65.9. The Morgan fingerprint density at radius 3 is 2.29 bits per heavy atom. The molecule has 1 saturated heterocycles. The molecule has 1 rings (SSSR count). The van der Waals surface area contributed by atoms with Crippen LogP contribution in [0.2, 0.25) is 0 Å². The molecule has 0 aromatic heterocycles. The van der Waals surface area contributed by atoms with Gasteiger partial charge in [0.05, 0.1) is 6.04 Å². The fraction of sp³-hybridized carbons (Fsp3) is 0.714. The maximum Gasteiger partial charge on any atom is 0.326 e. The maximum atomic E-state index is 13.0. The van der Waals surface area contributed by atoms with Crippen molar-refractivity contribution in [2.24, 2.45) is 28.1 Å². The number of aliphatic imine (C=N–C) groups is 1. The summed E-state index contributed by atoms with van der Waals surface area (Å²) in [5.41, 5.74) is 16.3. The van der Waals surface area contributed by atoms with Crippen LogP contribution in [0, 0.1) is 5.92 Å². The summed E-state index contributed by atoms with van der Waals surface area (Å²) in [5.74, 6) is -4.57. The van der Waals surface area contributed by atoms with Gasteiger partial charge in [-0.05, 0) is 38.0 Å². The van der Waals surface area contributed by atoms with E-state index in [1.165, 1.54) is 4.90 Å². The largest absolute Gasteiger partial charge is 0.481 e. The Balaban J connectivity index is 2.81. The van der Waals surface area contributed by atoms with E-state index in [0.717, 1.165) is 0 Å². The van der Waals surface area contributed by atoms with E-state index in [2.05, 4.69) is 15.6 Å². The lowest BCUT2D eigenvalue weighted by Gasteiger charge is -2.29. The van der Waals surface area contributed by atoms with E-state index in [9.17, 15) is 29.1 Å². The van der Waals surface area contributed by atoms with Gasteiger partial charge in [0.2, 0.25) is 17.7 Å². The van der Waals surface area contributed by atoms with Gasteiger partial charge in [0.25, 0.3) is 0 Å². The minimum absolute atomic E-state index is 0.0597. The summed E-state index contributed by atoms with van der Waals surface area (Å²) >= 11 is 0. The highest BCUT2D eigenvalue weighted by Gasteiger charge is 2.38. The van der Waals surface area contributed by atoms with Crippen molar-refractivity contribution < 1.29 is 34.2 Å². The molecule has 1 aliphatic rings. The highest BCUT2D eigenvalue weighted by molar-refractivity contribution is 5.94. The lowest BCUT2D eigenvalue weighted by molar-refractivity contribution is -0.144. The topological polar surface area (TPSA) is 244 Å². The van der Waals surface area contributed by atoms with Crippen LogP contribution >= 0.6 is 0 Å². The first-order chi connectivity index (χ1) is 16.3. The molecule has 0 bridgehead atoms. The smallest absolute Gasteiger partial charge is 0.326 e. The van der Waals surface area contributed by atoms with Crippen molar-refractivity contribution >= 4 is 35.6 Å². The number of carbonyl (C=O) groups excluding carboxylic acids is 3. The van der Waals surface area contributed by atoms with Crippen molar-refractivity contribution in [3.8, 4) is 0 Å². The quantitative estimate of drug-likeness (QED) is 0.0781. The SMILES string of the molecule is CC(C)C(NC(=O)C1CCCN1C(=O)C(N)CCC(=O)O)C(=O)NC(CCCN=C(N)N)C(=O)O. The molecule has 198 valence electrons. The number of nitrogens with two attached hydrogens (primary N) is 3. The van der Waals surface area contributed by atoms with Gasteiger partial charge in [-0.1, -0.05) is 13.8 Å². The molecular weight excluding hydrogens is 462 g/mol. The fourth-order valence-electron chi connectivity index (χ4n) is 3.73. The van der Waals surface area contributed by atoms with E-state index in [1.54, 1.807) is 13.8 Å². The number of hydrogen-bond donors (Lipinski definition) is 7. The molecule has 14 nitrogen and oxygen atoms in total. The number of carbonyl (C=O) groups is 5. The molecule has 0 radical (unpaired) electrons. The molecule has 0 spiro atoms. The van der Waals surface area contributed by atoms with Crippen LogP contribution in [-0.2, 0) is 24.0 Å². The van der Waals surface area contributed by atoms with Crippen LogP contribution in [0.1, 0.15) is 52.4 Å². The average molecular weight is 500 g/mol. The first-order valence-corrected chi connectivity index (χ1v) is 11.5. The van der Waals surface area contributed by atoms with Gasteiger partial charge in [-0.25, -0.2) is 4.79 Å². The number of hydrogen-bond acceptors (Lipinski definition) is 7. The zero-order valence-electron chi connectivity index (χ0n) is 20.1. The predicted molar refractivity (Wildman–Crippen MR) is 126 cm³/mol. The van der Waals surface area contributed by atoms with E-state index >= 15 is 0 Å². The number of likely N-dealkylation sites (tertiary alicyclic amines) is 1. The van der Waals surface area contributed by atoms with Crippen LogP contribution in [-0.4, -0.2) is 88.0 Å². The summed E-state index contributed by atoms with van der Waals surface area (Å²) in [5, 5.41) is 23.3. The van der Waals surface area contributed by atoms with E-state index in [-0.39, 0.29) is 44.2 Å². The van der Waals surface area contributed by atoms with E-state index in [4.69, 9.17) is 22.3 Å². The van der Waals surface area contributed by atoms with Gasteiger partial charge in [0, 0.05) is 19.5 Å². The Morgan fingerprint density at radius 1 is 1.09 bits per heavy atom.